The molecule has 0 aliphatic rings. The van der Waals surface area contributed by atoms with Crippen LogP contribution >= 0.6 is 0 Å². The Bertz CT molecular complexity index is 3350. The van der Waals surface area contributed by atoms with Crippen LogP contribution in [0.3, 0.4) is 0 Å². The molecule has 8 aromatic carbocycles. The molecule has 8 nitrogen and oxygen atoms in total. The molecule has 0 bridgehead atoms. The van der Waals surface area contributed by atoms with Crippen molar-refractivity contribution in [3.8, 4) is 56.7 Å². The molecule has 11 aromatic rings. The molecule has 3 aromatic heterocycles. The van der Waals surface area contributed by atoms with Gasteiger partial charge in [0.15, 0.2) is 17.5 Å². The molecule has 11 rings (SSSR count). The molecular formula is C51H32N6O2. The standard InChI is InChI=1S/C51H32N6O2/c58-57(59)46-27-15-12-24-39(46)40-30-35(51-53-49(33-16-4-1-5-17-33)52-50(54-51)34-18-6-2-7-19-34)28-29-45(40)56-44-26-14-11-23-38(44)42-31-41-37-22-10-13-25-43(37)55(47(41)32-48(42)56)36-20-8-3-9-21-36/h1-32H. The van der Waals surface area contributed by atoms with Gasteiger partial charge in [-0.15, -0.1) is 0 Å². The summed E-state index contributed by atoms with van der Waals surface area (Å²) in [4.78, 5) is 27.3. The number of rotatable bonds is 7. The molecule has 0 spiro atoms. The normalized spacial score (nSPS) is 11.5. The third-order valence-electron chi connectivity index (χ3n) is 11.1. The first kappa shape index (κ1) is 34.1. The Labute approximate surface area is 338 Å². The van der Waals surface area contributed by atoms with Crippen molar-refractivity contribution in [2.24, 2.45) is 0 Å². The van der Waals surface area contributed by atoms with E-state index in [1.165, 1.54) is 0 Å². The maximum Gasteiger partial charge on any atom is 0.277 e. The highest BCUT2D eigenvalue weighted by Gasteiger charge is 2.24. The molecule has 0 aliphatic carbocycles. The maximum absolute atomic E-state index is 12.7. The van der Waals surface area contributed by atoms with Crippen LogP contribution in [0.2, 0.25) is 0 Å². The highest BCUT2D eigenvalue weighted by atomic mass is 16.6. The van der Waals surface area contributed by atoms with E-state index in [-0.39, 0.29) is 10.6 Å². The number of fused-ring (bicyclic) bond motifs is 6. The number of nitro groups is 1. The average Bonchev–Trinajstić information content (AvgIpc) is 3.80. The molecule has 0 fully saturated rings. The average molecular weight is 761 g/mol. The van der Waals surface area contributed by atoms with Crippen LogP contribution in [0.25, 0.3) is 100 Å². The summed E-state index contributed by atoms with van der Waals surface area (Å²) in [6, 6.07) is 64.5. The number of nitrogens with zero attached hydrogens (tertiary/aromatic N) is 6. The second kappa shape index (κ2) is 13.8. The van der Waals surface area contributed by atoms with Crippen molar-refractivity contribution < 1.29 is 4.92 Å². The van der Waals surface area contributed by atoms with Gasteiger partial charge in [0.1, 0.15) is 0 Å². The van der Waals surface area contributed by atoms with Crippen molar-refractivity contribution in [3.63, 3.8) is 0 Å². The molecule has 59 heavy (non-hydrogen) atoms. The van der Waals surface area contributed by atoms with E-state index in [0.717, 1.165) is 66.1 Å². The molecule has 0 atom stereocenters. The lowest BCUT2D eigenvalue weighted by Crippen LogP contribution is -2.03. The molecule has 0 saturated heterocycles. The quantitative estimate of drug-likeness (QED) is 0.119. The van der Waals surface area contributed by atoms with E-state index in [4.69, 9.17) is 15.0 Å². The topological polar surface area (TPSA) is 91.7 Å². The minimum absolute atomic E-state index is 0.00357. The Hall–Kier alpha value is -8.23. The third-order valence-corrected chi connectivity index (χ3v) is 11.1. The van der Waals surface area contributed by atoms with E-state index in [1.807, 2.05) is 103 Å². The Kier molecular flexibility index (Phi) is 7.94. The summed E-state index contributed by atoms with van der Waals surface area (Å²) in [5.74, 6) is 1.53. The Morgan fingerprint density at radius 2 is 0.881 bits per heavy atom. The lowest BCUT2D eigenvalue weighted by Gasteiger charge is -2.16. The second-order valence-electron chi connectivity index (χ2n) is 14.5. The van der Waals surface area contributed by atoms with Crippen LogP contribution in [0.5, 0.6) is 0 Å². The minimum atomic E-state index is -0.316. The zero-order valence-corrected chi connectivity index (χ0v) is 31.5. The Balaban J connectivity index is 1.22. The van der Waals surface area contributed by atoms with Crippen LogP contribution in [0.4, 0.5) is 5.69 Å². The summed E-state index contributed by atoms with van der Waals surface area (Å²) < 4.78 is 4.55. The van der Waals surface area contributed by atoms with Gasteiger partial charge in [0.25, 0.3) is 5.69 Å². The van der Waals surface area contributed by atoms with Crippen molar-refractivity contribution in [1.29, 1.82) is 0 Å². The van der Waals surface area contributed by atoms with E-state index in [1.54, 1.807) is 12.1 Å². The molecule has 0 saturated carbocycles. The molecule has 0 aliphatic heterocycles. The zero-order valence-electron chi connectivity index (χ0n) is 31.5. The molecule has 8 heteroatoms. The Morgan fingerprint density at radius 1 is 0.390 bits per heavy atom. The largest absolute Gasteiger partial charge is 0.309 e. The van der Waals surface area contributed by atoms with E-state index < -0.39 is 0 Å². The minimum Gasteiger partial charge on any atom is -0.309 e. The first-order valence-corrected chi connectivity index (χ1v) is 19.4. The van der Waals surface area contributed by atoms with E-state index >= 15 is 0 Å². The molecule has 3 heterocycles. The van der Waals surface area contributed by atoms with E-state index in [0.29, 0.717) is 34.2 Å². The predicted molar refractivity (Wildman–Crippen MR) is 237 cm³/mol. The number of hydrogen-bond acceptors (Lipinski definition) is 5. The lowest BCUT2D eigenvalue weighted by molar-refractivity contribution is -0.384. The lowest BCUT2D eigenvalue weighted by atomic mass is 9.98. The van der Waals surface area contributed by atoms with Gasteiger partial charge in [0.05, 0.1) is 38.2 Å². The highest BCUT2D eigenvalue weighted by molar-refractivity contribution is 6.19. The van der Waals surface area contributed by atoms with E-state index in [9.17, 15) is 10.1 Å². The number of hydrogen-bond donors (Lipinski definition) is 0. The van der Waals surface area contributed by atoms with Crippen LogP contribution in [-0.4, -0.2) is 29.0 Å². The van der Waals surface area contributed by atoms with Gasteiger partial charge in [-0.05, 0) is 60.7 Å². The summed E-state index contributed by atoms with van der Waals surface area (Å²) >= 11 is 0. The van der Waals surface area contributed by atoms with Crippen LogP contribution in [0, 0.1) is 10.1 Å². The van der Waals surface area contributed by atoms with Crippen molar-refractivity contribution in [2.75, 3.05) is 0 Å². The monoisotopic (exact) mass is 760 g/mol. The van der Waals surface area contributed by atoms with Crippen molar-refractivity contribution >= 4 is 49.3 Å². The fraction of sp³-hybridized carbons (Fsp3) is 0. The molecule has 0 N–H and O–H groups in total. The van der Waals surface area contributed by atoms with Crippen molar-refractivity contribution in [2.45, 2.75) is 0 Å². The fourth-order valence-corrected chi connectivity index (χ4v) is 8.43. The molecule has 0 amide bonds. The van der Waals surface area contributed by atoms with Crippen LogP contribution in [0.1, 0.15) is 0 Å². The molecule has 0 unspecified atom stereocenters. The van der Waals surface area contributed by atoms with Crippen LogP contribution < -0.4 is 0 Å². The first-order valence-electron chi connectivity index (χ1n) is 19.4. The van der Waals surface area contributed by atoms with Gasteiger partial charge in [0, 0.05) is 55.6 Å². The van der Waals surface area contributed by atoms with Gasteiger partial charge in [0.2, 0.25) is 0 Å². The number of benzene rings is 8. The molecule has 278 valence electrons. The number of para-hydroxylation sites is 4. The molecular weight excluding hydrogens is 729 g/mol. The summed E-state index contributed by atoms with van der Waals surface area (Å²) in [6.07, 6.45) is 0. The summed E-state index contributed by atoms with van der Waals surface area (Å²) in [7, 11) is 0. The number of nitro benzene ring substituents is 1. The third kappa shape index (κ3) is 5.65. The van der Waals surface area contributed by atoms with Crippen molar-refractivity contribution in [3.05, 3.63) is 204 Å². The van der Waals surface area contributed by atoms with Gasteiger partial charge in [-0.25, -0.2) is 15.0 Å². The van der Waals surface area contributed by atoms with Crippen LogP contribution in [-0.2, 0) is 0 Å². The smallest absolute Gasteiger partial charge is 0.277 e. The van der Waals surface area contributed by atoms with Gasteiger partial charge in [-0.3, -0.25) is 10.1 Å². The maximum atomic E-state index is 12.7. The first-order chi connectivity index (χ1) is 29.1. The Morgan fingerprint density at radius 3 is 1.49 bits per heavy atom. The summed E-state index contributed by atoms with van der Waals surface area (Å²) in [5.41, 5.74) is 9.56. The number of aromatic nitrogens is 5. The predicted octanol–water partition coefficient (Wildman–Crippen LogP) is 12.6. The highest BCUT2D eigenvalue weighted by Crippen LogP contribution is 2.43. The van der Waals surface area contributed by atoms with E-state index in [2.05, 4.69) is 88.0 Å². The zero-order chi connectivity index (χ0) is 39.5. The molecule has 0 radical (unpaired) electrons. The van der Waals surface area contributed by atoms with Crippen LogP contribution in [0.15, 0.2) is 194 Å². The SMILES string of the molecule is O=[N+]([O-])c1ccccc1-c1cc(-c2nc(-c3ccccc3)nc(-c3ccccc3)n2)ccc1-n1c2ccccc2c2cc3c4ccccc4n(-c4ccccc4)c3cc21. The van der Waals surface area contributed by atoms with Gasteiger partial charge in [-0.2, -0.15) is 0 Å². The van der Waals surface area contributed by atoms with Crippen molar-refractivity contribution in [1.82, 2.24) is 24.1 Å². The fourth-order valence-electron chi connectivity index (χ4n) is 8.43. The summed E-state index contributed by atoms with van der Waals surface area (Å²) in [5, 5.41) is 17.2. The summed E-state index contributed by atoms with van der Waals surface area (Å²) in [6.45, 7) is 0. The second-order valence-corrected chi connectivity index (χ2v) is 14.5. The van der Waals surface area contributed by atoms with Gasteiger partial charge in [-0.1, -0.05) is 127 Å². The van der Waals surface area contributed by atoms with Gasteiger partial charge < -0.3 is 9.13 Å². The van der Waals surface area contributed by atoms with Gasteiger partial charge >= 0.3 is 0 Å².